The van der Waals surface area contributed by atoms with Gasteiger partial charge in [0.1, 0.15) is 31.4 Å². The normalized spacial score (nSPS) is 10.7. The highest BCUT2D eigenvalue weighted by molar-refractivity contribution is 5.91. The van der Waals surface area contributed by atoms with Crippen molar-refractivity contribution >= 4 is 24.5 Å². The van der Waals surface area contributed by atoms with E-state index in [1.165, 1.54) is 55.5 Å². The molecule has 0 heterocycles. The summed E-state index contributed by atoms with van der Waals surface area (Å²) < 4.78 is 10.1. The molecule has 0 amide bonds. The molecule has 0 saturated heterocycles. The molecule has 140 valence electrons. The molecule has 0 fully saturated rings. The Morgan fingerprint density at radius 2 is 1.15 bits per heavy atom. The summed E-state index contributed by atoms with van der Waals surface area (Å²) in [5.74, 6) is -1.35. The van der Waals surface area contributed by atoms with E-state index in [1.807, 2.05) is 0 Å². The third-order valence-electron chi connectivity index (χ3n) is 3.59. The van der Waals surface area contributed by atoms with Gasteiger partial charge in [0.15, 0.2) is 0 Å². The Morgan fingerprint density at radius 3 is 1.44 bits per heavy atom. The topological polar surface area (TPSA) is 107 Å². The molecule has 0 saturated carbocycles. The molecule has 27 heavy (non-hydrogen) atoms. The number of aldehydes is 2. The van der Waals surface area contributed by atoms with Crippen molar-refractivity contribution in [3.63, 3.8) is 0 Å². The lowest BCUT2D eigenvalue weighted by Gasteiger charge is -2.22. The van der Waals surface area contributed by atoms with Gasteiger partial charge in [-0.1, -0.05) is 24.3 Å². The van der Waals surface area contributed by atoms with Crippen molar-refractivity contribution in [2.75, 3.05) is 13.2 Å². The van der Waals surface area contributed by atoms with Crippen molar-refractivity contribution in [2.24, 2.45) is 0 Å². The molecule has 7 nitrogen and oxygen atoms in total. The molecule has 0 aromatic heterocycles. The fourth-order valence-electron chi connectivity index (χ4n) is 2.05. The van der Waals surface area contributed by atoms with Crippen LogP contribution in [0.4, 0.5) is 0 Å². The van der Waals surface area contributed by atoms with Crippen molar-refractivity contribution in [3.8, 4) is 0 Å². The van der Waals surface area contributed by atoms with Crippen LogP contribution in [0, 0.1) is 0 Å². The van der Waals surface area contributed by atoms with Crippen molar-refractivity contribution < 1.29 is 33.8 Å². The zero-order valence-electron chi connectivity index (χ0n) is 14.6. The Hall–Kier alpha value is -3.32. The van der Waals surface area contributed by atoms with Gasteiger partial charge >= 0.3 is 11.9 Å². The standard InChI is InChI=1S/C20H18O7/c1-20(25,12-26-18(23)16-6-2-14(10-21)3-7-16)13-27-19(24)17-8-4-15(11-22)5-9-17/h2-11,25H,12-13H2,1H3. The largest absolute Gasteiger partial charge is 0.459 e. The third-order valence-corrected chi connectivity index (χ3v) is 3.59. The molecule has 0 aliphatic rings. The first-order valence-corrected chi connectivity index (χ1v) is 8.02. The predicted octanol–water partition coefficient (Wildman–Crippen LogP) is 2.08. The Labute approximate surface area is 155 Å². The molecule has 7 heteroatoms. The van der Waals surface area contributed by atoms with E-state index < -0.39 is 30.8 Å². The summed E-state index contributed by atoms with van der Waals surface area (Å²) >= 11 is 0. The van der Waals surface area contributed by atoms with Crippen LogP contribution in [0.25, 0.3) is 0 Å². The Bertz CT molecular complexity index is 751. The zero-order valence-corrected chi connectivity index (χ0v) is 14.6. The molecule has 2 rings (SSSR count). The molecule has 0 atom stereocenters. The lowest BCUT2D eigenvalue weighted by molar-refractivity contribution is -0.0591. The average molecular weight is 370 g/mol. The number of hydrogen-bond donors (Lipinski definition) is 1. The Kier molecular flexibility index (Phi) is 6.56. The number of benzene rings is 2. The van der Waals surface area contributed by atoms with Crippen molar-refractivity contribution in [1.82, 2.24) is 0 Å². The van der Waals surface area contributed by atoms with E-state index in [9.17, 15) is 24.3 Å². The maximum absolute atomic E-state index is 12.0. The van der Waals surface area contributed by atoms with Crippen LogP contribution in [0.1, 0.15) is 48.4 Å². The van der Waals surface area contributed by atoms with Crippen LogP contribution in [-0.4, -0.2) is 48.4 Å². The third kappa shape index (κ3) is 5.86. The highest BCUT2D eigenvalue weighted by Crippen LogP contribution is 2.11. The molecule has 0 aliphatic heterocycles. The first kappa shape index (κ1) is 20.0. The van der Waals surface area contributed by atoms with Crippen LogP contribution in [0.15, 0.2) is 48.5 Å². The summed E-state index contributed by atoms with van der Waals surface area (Å²) in [6, 6.07) is 11.6. The van der Waals surface area contributed by atoms with Crippen LogP contribution in [0.3, 0.4) is 0 Å². The van der Waals surface area contributed by atoms with Crippen molar-refractivity contribution in [1.29, 1.82) is 0 Å². The van der Waals surface area contributed by atoms with Gasteiger partial charge in [0.2, 0.25) is 0 Å². The van der Waals surface area contributed by atoms with E-state index in [0.29, 0.717) is 23.7 Å². The second-order valence-electron chi connectivity index (χ2n) is 6.13. The van der Waals surface area contributed by atoms with Crippen LogP contribution >= 0.6 is 0 Å². The Morgan fingerprint density at radius 1 is 0.815 bits per heavy atom. The minimum atomic E-state index is -1.59. The fourth-order valence-corrected chi connectivity index (χ4v) is 2.05. The lowest BCUT2D eigenvalue weighted by atomic mass is 10.1. The van der Waals surface area contributed by atoms with Gasteiger partial charge in [0.25, 0.3) is 0 Å². The van der Waals surface area contributed by atoms with Crippen molar-refractivity contribution in [3.05, 3.63) is 70.8 Å². The number of hydrogen-bond acceptors (Lipinski definition) is 7. The number of rotatable bonds is 8. The van der Waals surface area contributed by atoms with Crippen molar-refractivity contribution in [2.45, 2.75) is 12.5 Å². The van der Waals surface area contributed by atoms with Crippen LogP contribution in [0.5, 0.6) is 0 Å². The molecule has 1 N–H and O–H groups in total. The van der Waals surface area contributed by atoms with E-state index in [2.05, 4.69) is 0 Å². The van der Waals surface area contributed by atoms with Gasteiger partial charge in [-0.05, 0) is 31.2 Å². The summed E-state index contributed by atoms with van der Waals surface area (Å²) in [6.45, 7) is 0.579. The van der Waals surface area contributed by atoms with Crippen LogP contribution in [-0.2, 0) is 9.47 Å². The number of carbonyl (C=O) groups excluding carboxylic acids is 4. The van der Waals surface area contributed by atoms with Gasteiger partial charge in [-0.3, -0.25) is 9.59 Å². The van der Waals surface area contributed by atoms with Gasteiger partial charge in [0.05, 0.1) is 11.1 Å². The zero-order chi connectivity index (χ0) is 19.9. The average Bonchev–Trinajstić information content (AvgIpc) is 2.70. The number of ether oxygens (including phenoxy) is 2. The molecular weight excluding hydrogens is 352 g/mol. The molecule has 0 bridgehead atoms. The predicted molar refractivity (Wildman–Crippen MR) is 94.8 cm³/mol. The minimum absolute atomic E-state index is 0.226. The molecule has 0 unspecified atom stereocenters. The first-order chi connectivity index (χ1) is 12.8. The quantitative estimate of drug-likeness (QED) is 0.560. The van der Waals surface area contributed by atoms with E-state index in [0.717, 1.165) is 0 Å². The van der Waals surface area contributed by atoms with Gasteiger partial charge in [0, 0.05) is 11.1 Å². The van der Waals surface area contributed by atoms with E-state index >= 15 is 0 Å². The summed E-state index contributed by atoms with van der Waals surface area (Å²) in [4.78, 5) is 45.1. The molecule has 0 radical (unpaired) electrons. The molecule has 2 aromatic rings. The number of aliphatic hydroxyl groups is 1. The van der Waals surface area contributed by atoms with E-state index in [-0.39, 0.29) is 11.1 Å². The molecule has 0 aliphatic carbocycles. The molecular formula is C20H18O7. The van der Waals surface area contributed by atoms with E-state index in [4.69, 9.17) is 9.47 Å². The maximum Gasteiger partial charge on any atom is 0.338 e. The summed E-state index contributed by atoms with van der Waals surface area (Å²) in [5, 5.41) is 10.2. The van der Waals surface area contributed by atoms with E-state index in [1.54, 1.807) is 0 Å². The van der Waals surface area contributed by atoms with Gasteiger partial charge in [-0.15, -0.1) is 0 Å². The number of esters is 2. The highest BCUT2D eigenvalue weighted by Gasteiger charge is 2.26. The summed E-state index contributed by atoms with van der Waals surface area (Å²) in [6.07, 6.45) is 1.31. The summed E-state index contributed by atoms with van der Waals surface area (Å²) in [7, 11) is 0. The highest BCUT2D eigenvalue weighted by atomic mass is 16.6. The first-order valence-electron chi connectivity index (χ1n) is 8.02. The van der Waals surface area contributed by atoms with Crippen LogP contribution < -0.4 is 0 Å². The molecule has 0 spiro atoms. The van der Waals surface area contributed by atoms with Gasteiger partial charge < -0.3 is 14.6 Å². The fraction of sp³-hybridized carbons (Fsp3) is 0.200. The number of carbonyl (C=O) groups is 4. The second-order valence-corrected chi connectivity index (χ2v) is 6.13. The lowest BCUT2D eigenvalue weighted by Crippen LogP contribution is -2.38. The SMILES string of the molecule is CC(O)(COC(=O)c1ccc(C=O)cc1)COC(=O)c1ccc(C=O)cc1. The van der Waals surface area contributed by atoms with Gasteiger partial charge in [-0.2, -0.15) is 0 Å². The monoisotopic (exact) mass is 370 g/mol. The Balaban J connectivity index is 1.85. The molecule has 2 aromatic carbocycles. The van der Waals surface area contributed by atoms with Crippen LogP contribution in [0.2, 0.25) is 0 Å². The second kappa shape index (κ2) is 8.86. The minimum Gasteiger partial charge on any atom is -0.459 e. The maximum atomic E-state index is 12.0. The summed E-state index contributed by atoms with van der Waals surface area (Å²) in [5.41, 5.74) is -0.290. The van der Waals surface area contributed by atoms with Gasteiger partial charge in [-0.25, -0.2) is 9.59 Å². The smallest absolute Gasteiger partial charge is 0.338 e.